The number of hydrogen-bond donors (Lipinski definition) is 1. The molecule has 1 amide bonds. The Morgan fingerprint density at radius 2 is 1.88 bits per heavy atom. The van der Waals surface area contributed by atoms with Crippen molar-refractivity contribution in [3.05, 3.63) is 47.7 Å². The van der Waals surface area contributed by atoms with Crippen LogP contribution >= 0.6 is 0 Å². The number of carbonyl (C=O) groups excluding carboxylic acids is 1. The number of halogens is 1. The lowest BCUT2D eigenvalue weighted by Gasteiger charge is -2.20. The molecule has 0 bridgehead atoms. The summed E-state index contributed by atoms with van der Waals surface area (Å²) in [6.07, 6.45) is 4.40. The summed E-state index contributed by atoms with van der Waals surface area (Å²) in [5.74, 6) is 0.609. The van der Waals surface area contributed by atoms with Crippen LogP contribution < -0.4 is 5.32 Å². The molecule has 5 nitrogen and oxygen atoms in total. The van der Waals surface area contributed by atoms with Crippen LogP contribution in [0.3, 0.4) is 0 Å². The molecule has 1 saturated heterocycles. The fourth-order valence-corrected chi connectivity index (χ4v) is 2.89. The predicted octanol–water partition coefficient (Wildman–Crippen LogP) is 3.68. The summed E-state index contributed by atoms with van der Waals surface area (Å²) < 4.78 is 13.3. The fraction of sp³-hybridized carbons (Fsp3) is 0.389. The van der Waals surface area contributed by atoms with Gasteiger partial charge in [-0.15, -0.1) is 0 Å². The van der Waals surface area contributed by atoms with E-state index in [1.54, 1.807) is 25.1 Å². The summed E-state index contributed by atoms with van der Waals surface area (Å²) >= 11 is 0. The van der Waals surface area contributed by atoms with Crippen molar-refractivity contribution in [3.8, 4) is 0 Å². The monoisotopic (exact) mass is 328 g/mol. The van der Waals surface area contributed by atoms with Crippen LogP contribution in [0.1, 0.15) is 42.0 Å². The average Bonchev–Trinajstić information content (AvgIpc) is 2.83. The molecule has 0 saturated carbocycles. The topological polar surface area (TPSA) is 58.1 Å². The summed E-state index contributed by atoms with van der Waals surface area (Å²) in [4.78, 5) is 23.1. The third-order valence-electron chi connectivity index (χ3n) is 4.05. The Morgan fingerprint density at radius 3 is 2.58 bits per heavy atom. The summed E-state index contributed by atoms with van der Waals surface area (Å²) in [5, 5.41) is 3.03. The molecule has 2 heterocycles. The number of likely N-dealkylation sites (tertiary alicyclic amines) is 1. The Kier molecular flexibility index (Phi) is 5.03. The third-order valence-corrected chi connectivity index (χ3v) is 4.05. The van der Waals surface area contributed by atoms with Crippen molar-refractivity contribution in [3.63, 3.8) is 0 Å². The lowest BCUT2D eigenvalue weighted by Crippen LogP contribution is -2.32. The first kappa shape index (κ1) is 16.4. The maximum Gasteiger partial charge on any atom is 0.272 e. The third kappa shape index (κ3) is 4.07. The van der Waals surface area contributed by atoms with E-state index in [2.05, 4.69) is 15.3 Å². The molecule has 3 rings (SSSR count). The van der Waals surface area contributed by atoms with Gasteiger partial charge in [0.05, 0.1) is 0 Å². The first-order valence-corrected chi connectivity index (χ1v) is 8.29. The number of nitrogens with zero attached hydrogens (tertiary/aromatic N) is 3. The molecule has 6 heteroatoms. The van der Waals surface area contributed by atoms with Crippen LogP contribution in [0.2, 0.25) is 0 Å². The van der Waals surface area contributed by atoms with Crippen LogP contribution in [-0.4, -0.2) is 33.9 Å². The van der Waals surface area contributed by atoms with Gasteiger partial charge in [-0.3, -0.25) is 4.79 Å². The van der Waals surface area contributed by atoms with Crippen molar-refractivity contribution in [2.24, 2.45) is 0 Å². The van der Waals surface area contributed by atoms with E-state index in [0.29, 0.717) is 23.0 Å². The summed E-state index contributed by atoms with van der Waals surface area (Å²) in [6.45, 7) is 3.29. The predicted molar refractivity (Wildman–Crippen MR) is 90.8 cm³/mol. The molecule has 1 aromatic carbocycles. The first-order valence-electron chi connectivity index (χ1n) is 8.29. The molecular formula is C18H21FN4O. The number of benzene rings is 1. The Hall–Kier alpha value is -2.50. The van der Waals surface area contributed by atoms with Crippen LogP contribution in [0.15, 0.2) is 30.3 Å². The van der Waals surface area contributed by atoms with E-state index in [1.165, 1.54) is 25.0 Å². The highest BCUT2D eigenvalue weighted by molar-refractivity contribution is 5.93. The first-order chi connectivity index (χ1) is 11.6. The molecule has 24 heavy (non-hydrogen) atoms. The van der Waals surface area contributed by atoms with Gasteiger partial charge in [0.25, 0.3) is 5.91 Å². The minimum atomic E-state index is -0.327. The van der Waals surface area contributed by atoms with Crippen molar-refractivity contribution in [1.29, 1.82) is 0 Å². The lowest BCUT2D eigenvalue weighted by molar-refractivity contribution is 0.0755. The van der Waals surface area contributed by atoms with Gasteiger partial charge in [0.15, 0.2) is 0 Å². The molecule has 0 aliphatic carbocycles. The number of aromatic nitrogens is 2. The van der Waals surface area contributed by atoms with Gasteiger partial charge in [0, 0.05) is 24.8 Å². The van der Waals surface area contributed by atoms with Crippen molar-refractivity contribution in [2.45, 2.75) is 32.6 Å². The molecule has 1 aromatic heterocycles. The van der Waals surface area contributed by atoms with Gasteiger partial charge in [0.2, 0.25) is 0 Å². The summed E-state index contributed by atoms with van der Waals surface area (Å²) in [6, 6.07) is 7.76. The number of amides is 1. The number of carbonyl (C=O) groups is 1. The highest BCUT2D eigenvalue weighted by atomic mass is 19.1. The zero-order valence-corrected chi connectivity index (χ0v) is 13.8. The number of aryl methyl sites for hydroxylation is 1. The standard InChI is InChI=1S/C18H21FN4O/c1-13-20-16(18(24)23-9-4-2-3-5-10-23)12-17(21-13)22-15-8-6-7-14(19)11-15/h6-8,11-12H,2-5,9-10H2,1H3,(H,20,21,22). The molecule has 1 aliphatic heterocycles. The van der Waals surface area contributed by atoms with E-state index in [0.717, 1.165) is 25.9 Å². The van der Waals surface area contributed by atoms with Crippen molar-refractivity contribution in [1.82, 2.24) is 14.9 Å². The molecule has 1 fully saturated rings. The molecule has 0 spiro atoms. The number of nitrogens with one attached hydrogen (secondary N) is 1. The van der Waals surface area contributed by atoms with E-state index >= 15 is 0 Å². The van der Waals surface area contributed by atoms with Crippen molar-refractivity contribution in [2.75, 3.05) is 18.4 Å². The minimum absolute atomic E-state index is 0.0651. The Morgan fingerprint density at radius 1 is 1.12 bits per heavy atom. The van der Waals surface area contributed by atoms with Crippen molar-refractivity contribution < 1.29 is 9.18 Å². The Balaban J connectivity index is 1.81. The van der Waals surface area contributed by atoms with Crippen LogP contribution in [0.25, 0.3) is 0 Å². The second-order valence-corrected chi connectivity index (χ2v) is 6.03. The van der Waals surface area contributed by atoms with Gasteiger partial charge in [-0.1, -0.05) is 18.9 Å². The zero-order chi connectivity index (χ0) is 16.9. The highest BCUT2D eigenvalue weighted by Gasteiger charge is 2.19. The zero-order valence-electron chi connectivity index (χ0n) is 13.8. The quantitative estimate of drug-likeness (QED) is 0.934. The summed E-state index contributed by atoms with van der Waals surface area (Å²) in [7, 11) is 0. The van der Waals surface area contributed by atoms with Gasteiger partial charge in [-0.2, -0.15) is 0 Å². The number of anilines is 2. The smallest absolute Gasteiger partial charge is 0.272 e. The second kappa shape index (κ2) is 7.38. The van der Waals surface area contributed by atoms with Crippen LogP contribution in [-0.2, 0) is 0 Å². The fourth-order valence-electron chi connectivity index (χ4n) is 2.89. The Labute approximate surface area is 140 Å². The molecule has 2 aromatic rings. The van der Waals surface area contributed by atoms with Gasteiger partial charge in [0.1, 0.15) is 23.2 Å². The molecule has 0 radical (unpaired) electrons. The average molecular weight is 328 g/mol. The lowest BCUT2D eigenvalue weighted by atomic mass is 10.2. The van der Waals surface area contributed by atoms with Gasteiger partial charge in [-0.05, 0) is 38.0 Å². The van der Waals surface area contributed by atoms with E-state index in [9.17, 15) is 9.18 Å². The number of rotatable bonds is 3. The van der Waals surface area contributed by atoms with E-state index in [1.807, 2.05) is 4.90 Å². The van der Waals surface area contributed by atoms with Gasteiger partial charge >= 0.3 is 0 Å². The van der Waals surface area contributed by atoms with Crippen LogP contribution in [0.4, 0.5) is 15.9 Å². The normalized spacial score (nSPS) is 15.0. The molecule has 1 aliphatic rings. The van der Waals surface area contributed by atoms with E-state index in [4.69, 9.17) is 0 Å². The van der Waals surface area contributed by atoms with Gasteiger partial charge in [-0.25, -0.2) is 14.4 Å². The maximum atomic E-state index is 13.3. The molecular weight excluding hydrogens is 307 g/mol. The summed E-state index contributed by atoms with van der Waals surface area (Å²) in [5.41, 5.74) is 0.963. The highest BCUT2D eigenvalue weighted by Crippen LogP contribution is 2.18. The molecule has 0 atom stereocenters. The van der Waals surface area contributed by atoms with Crippen LogP contribution in [0, 0.1) is 12.7 Å². The molecule has 0 unspecified atom stereocenters. The maximum absolute atomic E-state index is 13.3. The van der Waals surface area contributed by atoms with Gasteiger partial charge < -0.3 is 10.2 Å². The Bertz CT molecular complexity index is 727. The minimum Gasteiger partial charge on any atom is -0.340 e. The number of hydrogen-bond acceptors (Lipinski definition) is 4. The van der Waals surface area contributed by atoms with Crippen molar-refractivity contribution >= 4 is 17.4 Å². The molecule has 1 N–H and O–H groups in total. The van der Waals surface area contributed by atoms with E-state index in [-0.39, 0.29) is 11.7 Å². The van der Waals surface area contributed by atoms with Crippen LogP contribution in [0.5, 0.6) is 0 Å². The molecule has 126 valence electrons. The second-order valence-electron chi connectivity index (χ2n) is 6.03. The largest absolute Gasteiger partial charge is 0.340 e. The van der Waals surface area contributed by atoms with E-state index < -0.39 is 0 Å². The SMILES string of the molecule is Cc1nc(Nc2cccc(F)c2)cc(C(=O)N2CCCCCC2)n1.